The molecule has 5 rings (SSSR count). The Morgan fingerprint density at radius 2 is 2.10 bits per heavy atom. The number of alkyl halides is 3. The van der Waals surface area contributed by atoms with Crippen LogP contribution in [-0.4, -0.2) is 59.4 Å². The highest BCUT2D eigenvalue weighted by Gasteiger charge is 2.63. The number of fused-ring (bicyclic) bond motifs is 1. The van der Waals surface area contributed by atoms with Gasteiger partial charge < -0.3 is 9.42 Å². The fourth-order valence-electron chi connectivity index (χ4n) is 3.44. The average molecular weight is 403 g/mol. The summed E-state index contributed by atoms with van der Waals surface area (Å²) in [5, 5.41) is 14.9. The number of tetrazole rings is 1. The number of anilines is 1. The summed E-state index contributed by atoms with van der Waals surface area (Å²) in [7, 11) is 0. The van der Waals surface area contributed by atoms with Gasteiger partial charge >= 0.3 is 6.18 Å². The smallest absolute Gasteiger partial charge is 0.352 e. The van der Waals surface area contributed by atoms with Crippen LogP contribution in [0.25, 0.3) is 17.0 Å². The second-order valence-corrected chi connectivity index (χ2v) is 6.61. The van der Waals surface area contributed by atoms with Crippen LogP contribution in [0.5, 0.6) is 0 Å². The third-order valence-corrected chi connectivity index (χ3v) is 4.96. The summed E-state index contributed by atoms with van der Waals surface area (Å²) < 4.78 is 49.1. The van der Waals surface area contributed by atoms with Crippen molar-refractivity contribution in [2.45, 2.75) is 18.0 Å². The number of rotatable bonds is 3. The van der Waals surface area contributed by atoms with E-state index < -0.39 is 24.0 Å². The zero-order valence-corrected chi connectivity index (χ0v) is 14.7. The van der Waals surface area contributed by atoms with Gasteiger partial charge in [0.1, 0.15) is 0 Å². The first-order chi connectivity index (χ1) is 14.0. The molecule has 1 aliphatic heterocycles. The van der Waals surface area contributed by atoms with Crippen LogP contribution < -0.4 is 4.90 Å². The van der Waals surface area contributed by atoms with E-state index in [1.54, 1.807) is 18.3 Å². The molecule has 29 heavy (non-hydrogen) atoms. The molecule has 148 valence electrons. The van der Waals surface area contributed by atoms with E-state index in [9.17, 15) is 13.2 Å². The molecule has 0 radical (unpaired) electrons. The summed E-state index contributed by atoms with van der Waals surface area (Å²) in [5.41, 5.74) is -1.59. The van der Waals surface area contributed by atoms with Crippen LogP contribution in [0, 0.1) is 0 Å². The first-order valence-electron chi connectivity index (χ1n) is 8.57. The van der Waals surface area contributed by atoms with Crippen LogP contribution in [0.15, 0.2) is 41.4 Å². The highest BCUT2D eigenvalue weighted by molar-refractivity contribution is 5.63. The molecule has 0 N–H and O–H groups in total. The zero-order chi connectivity index (χ0) is 20.1. The number of hydrogen-bond acceptors (Lipinski definition) is 9. The second-order valence-electron chi connectivity index (χ2n) is 6.61. The number of pyridine rings is 1. The monoisotopic (exact) mass is 403 g/mol. The molecule has 5 heterocycles. The maximum absolute atomic E-state index is 14.2. The Balaban J connectivity index is 1.54. The maximum Gasteiger partial charge on any atom is 0.405 e. The summed E-state index contributed by atoms with van der Waals surface area (Å²) in [5.74, 6) is -0.175. The van der Waals surface area contributed by atoms with Gasteiger partial charge in [0.05, 0.1) is 6.20 Å². The first-order valence-corrected chi connectivity index (χ1v) is 8.57. The van der Waals surface area contributed by atoms with E-state index in [0.717, 1.165) is 0 Å². The minimum Gasteiger partial charge on any atom is -0.352 e. The van der Waals surface area contributed by atoms with Crippen LogP contribution in [0.3, 0.4) is 0 Å². The van der Waals surface area contributed by atoms with Gasteiger partial charge in [-0.1, -0.05) is 5.16 Å². The van der Waals surface area contributed by atoms with Gasteiger partial charge in [0, 0.05) is 37.2 Å². The van der Waals surface area contributed by atoms with Crippen molar-refractivity contribution in [1.29, 1.82) is 0 Å². The zero-order valence-electron chi connectivity index (χ0n) is 14.7. The van der Waals surface area contributed by atoms with Crippen molar-refractivity contribution in [3.05, 3.63) is 42.8 Å². The predicted molar refractivity (Wildman–Crippen MR) is 90.7 cm³/mol. The van der Waals surface area contributed by atoms with E-state index in [4.69, 9.17) is 4.52 Å². The molecule has 1 unspecified atom stereocenters. The third kappa shape index (κ3) is 2.68. The van der Waals surface area contributed by atoms with Crippen molar-refractivity contribution in [2.75, 3.05) is 18.0 Å². The van der Waals surface area contributed by atoms with Crippen molar-refractivity contribution < 1.29 is 17.7 Å². The lowest BCUT2D eigenvalue weighted by Gasteiger charge is -2.28. The SMILES string of the molecule is FC(F)(F)C1(c2nc(-c3cccnc3)no2)CCN(c2nccn3nnnc23)C1. The molecule has 1 fully saturated rings. The maximum atomic E-state index is 14.2. The van der Waals surface area contributed by atoms with Crippen LogP contribution >= 0.6 is 0 Å². The number of aromatic nitrogens is 8. The minimum atomic E-state index is -4.61. The van der Waals surface area contributed by atoms with Crippen molar-refractivity contribution in [3.8, 4) is 11.4 Å². The molecule has 0 aliphatic carbocycles. The highest BCUT2D eigenvalue weighted by Crippen LogP contribution is 2.48. The van der Waals surface area contributed by atoms with Crippen LogP contribution in [0.1, 0.15) is 12.3 Å². The molecule has 0 saturated carbocycles. The predicted octanol–water partition coefficient (Wildman–Crippen LogP) is 1.67. The Morgan fingerprint density at radius 3 is 2.90 bits per heavy atom. The summed E-state index contributed by atoms with van der Waals surface area (Å²) in [6.07, 6.45) is 1.07. The summed E-state index contributed by atoms with van der Waals surface area (Å²) in [6.45, 7) is -0.367. The van der Waals surface area contributed by atoms with Crippen molar-refractivity contribution in [2.24, 2.45) is 0 Å². The van der Waals surface area contributed by atoms with Gasteiger partial charge in [-0.3, -0.25) is 4.98 Å². The second kappa shape index (κ2) is 6.18. The molecule has 4 aromatic rings. The first kappa shape index (κ1) is 17.5. The van der Waals surface area contributed by atoms with Gasteiger partial charge in [0.15, 0.2) is 11.2 Å². The Bertz CT molecular complexity index is 1160. The Labute approximate surface area is 160 Å². The van der Waals surface area contributed by atoms with Gasteiger partial charge in [-0.15, -0.1) is 5.10 Å². The lowest BCUT2D eigenvalue weighted by molar-refractivity contribution is -0.191. The summed E-state index contributed by atoms with van der Waals surface area (Å²) >= 11 is 0. The molecule has 0 amide bonds. The van der Waals surface area contributed by atoms with Crippen LogP contribution in [0.2, 0.25) is 0 Å². The van der Waals surface area contributed by atoms with Gasteiger partial charge in [-0.05, 0) is 29.0 Å². The van der Waals surface area contributed by atoms with Gasteiger partial charge in [-0.2, -0.15) is 22.7 Å². The molecule has 0 aromatic carbocycles. The van der Waals surface area contributed by atoms with E-state index >= 15 is 0 Å². The molecule has 10 nitrogen and oxygen atoms in total. The lowest BCUT2D eigenvalue weighted by Crippen LogP contribution is -2.45. The fraction of sp³-hybridized carbons (Fsp3) is 0.312. The molecule has 1 atom stereocenters. The van der Waals surface area contributed by atoms with Crippen LogP contribution in [0.4, 0.5) is 19.0 Å². The highest BCUT2D eigenvalue weighted by atomic mass is 19.4. The van der Waals surface area contributed by atoms with E-state index in [-0.39, 0.29) is 30.3 Å². The van der Waals surface area contributed by atoms with E-state index in [0.29, 0.717) is 5.56 Å². The van der Waals surface area contributed by atoms with Crippen molar-refractivity contribution in [3.63, 3.8) is 0 Å². The van der Waals surface area contributed by atoms with Crippen molar-refractivity contribution in [1.82, 2.24) is 40.1 Å². The minimum absolute atomic E-state index is 0.0528. The number of nitrogens with zero attached hydrogens (tertiary/aromatic N) is 9. The fourth-order valence-corrected chi connectivity index (χ4v) is 3.44. The molecule has 1 saturated heterocycles. The standard InChI is InChI=1S/C16H12F3N9O/c17-16(18,19)15(14-22-11(24-29-14)10-2-1-4-20-8-10)3-6-27(9-15)12-13-23-25-26-28(13)7-5-21-12/h1-2,4-5,7-8H,3,6,9H2. The van der Waals surface area contributed by atoms with Crippen LogP contribution in [-0.2, 0) is 5.41 Å². The van der Waals surface area contributed by atoms with Gasteiger partial charge in [0.2, 0.25) is 17.4 Å². The number of hydrogen-bond donors (Lipinski definition) is 0. The normalized spacial score (nSPS) is 19.9. The molecular weight excluding hydrogens is 391 g/mol. The molecule has 0 spiro atoms. The molecular formula is C16H12F3N9O. The average Bonchev–Trinajstić information content (AvgIpc) is 3.46. The van der Waals surface area contributed by atoms with E-state index in [1.165, 1.54) is 28.0 Å². The summed E-state index contributed by atoms with van der Waals surface area (Å²) in [4.78, 5) is 13.6. The quantitative estimate of drug-likeness (QED) is 0.504. The Hall–Kier alpha value is -3.64. The molecule has 13 heteroatoms. The Morgan fingerprint density at radius 1 is 1.21 bits per heavy atom. The van der Waals surface area contributed by atoms with Gasteiger partial charge in [0.25, 0.3) is 0 Å². The van der Waals surface area contributed by atoms with Gasteiger partial charge in [-0.25, -0.2) is 4.98 Å². The van der Waals surface area contributed by atoms with E-state index in [2.05, 4.69) is 35.6 Å². The third-order valence-electron chi connectivity index (χ3n) is 4.96. The van der Waals surface area contributed by atoms with E-state index in [1.807, 2.05) is 0 Å². The van der Waals surface area contributed by atoms with Crippen molar-refractivity contribution >= 4 is 11.5 Å². The molecule has 1 aliphatic rings. The summed E-state index contributed by atoms with van der Waals surface area (Å²) in [6, 6.07) is 3.28. The molecule has 0 bridgehead atoms. The largest absolute Gasteiger partial charge is 0.405 e. The topological polar surface area (TPSA) is 111 Å². The molecule has 4 aromatic heterocycles. The Kier molecular flexibility index (Phi) is 3.72. The lowest BCUT2D eigenvalue weighted by atomic mass is 9.86. The number of halogens is 3.